The highest BCUT2D eigenvalue weighted by atomic mass is 16.3. The van der Waals surface area contributed by atoms with Crippen LogP contribution in [0.25, 0.3) is 0 Å². The van der Waals surface area contributed by atoms with Gasteiger partial charge in [0.1, 0.15) is 0 Å². The number of aromatic amines is 1. The second-order valence-corrected chi connectivity index (χ2v) is 7.11. The van der Waals surface area contributed by atoms with Crippen LogP contribution in [0.5, 0.6) is 0 Å². The number of carbonyl (C=O) groups excluding carboxylic acids is 1. The van der Waals surface area contributed by atoms with Crippen molar-refractivity contribution in [2.24, 2.45) is 5.92 Å². The number of likely N-dealkylation sites (tertiary alicyclic amines) is 1. The lowest BCUT2D eigenvalue weighted by Gasteiger charge is -2.35. The fourth-order valence-electron chi connectivity index (χ4n) is 4.24. The molecule has 6 nitrogen and oxygen atoms in total. The number of aliphatic hydroxyl groups excluding tert-OH is 1. The molecule has 2 N–H and O–H groups in total. The number of rotatable bonds is 3. The molecular weight excluding hydrogens is 316 g/mol. The SMILES string of the molecule is O=C(C1CCc2n[nH]nc2C1)N1CCC(c2ccccc2CO)CC1. The minimum atomic E-state index is 0.0406. The number of hydrogen-bond donors (Lipinski definition) is 2. The molecule has 1 atom stereocenters. The Morgan fingerprint density at radius 3 is 2.72 bits per heavy atom. The summed E-state index contributed by atoms with van der Waals surface area (Å²) in [5.74, 6) is 0.738. The number of nitrogens with zero attached hydrogens (tertiary/aromatic N) is 3. The maximum absolute atomic E-state index is 12.9. The van der Waals surface area contributed by atoms with Gasteiger partial charge in [0, 0.05) is 25.4 Å². The summed E-state index contributed by atoms with van der Waals surface area (Å²) in [5, 5.41) is 20.5. The van der Waals surface area contributed by atoms with Crippen molar-refractivity contribution in [2.45, 2.75) is 44.6 Å². The second-order valence-electron chi connectivity index (χ2n) is 7.11. The Bertz CT molecular complexity index is 749. The molecule has 1 aromatic heterocycles. The van der Waals surface area contributed by atoms with Crippen molar-refractivity contribution >= 4 is 5.91 Å². The van der Waals surface area contributed by atoms with Crippen LogP contribution in [0.2, 0.25) is 0 Å². The minimum Gasteiger partial charge on any atom is -0.392 e. The normalized spacial score (nSPS) is 21.2. The Hall–Kier alpha value is -2.21. The fraction of sp³-hybridized carbons (Fsp3) is 0.526. The van der Waals surface area contributed by atoms with Crippen molar-refractivity contribution in [1.82, 2.24) is 20.3 Å². The van der Waals surface area contributed by atoms with Gasteiger partial charge in [0.25, 0.3) is 0 Å². The van der Waals surface area contributed by atoms with Crippen molar-refractivity contribution in [1.29, 1.82) is 0 Å². The van der Waals surface area contributed by atoms with Gasteiger partial charge in [-0.25, -0.2) is 0 Å². The topological polar surface area (TPSA) is 82.1 Å². The van der Waals surface area contributed by atoms with Crippen molar-refractivity contribution in [3.63, 3.8) is 0 Å². The van der Waals surface area contributed by atoms with Gasteiger partial charge in [0.15, 0.2) is 0 Å². The van der Waals surface area contributed by atoms with Gasteiger partial charge in [0.2, 0.25) is 5.91 Å². The van der Waals surface area contributed by atoms with Gasteiger partial charge in [-0.2, -0.15) is 15.4 Å². The molecule has 1 aliphatic carbocycles. The third kappa shape index (κ3) is 3.18. The summed E-state index contributed by atoms with van der Waals surface area (Å²) in [6, 6.07) is 8.10. The summed E-state index contributed by atoms with van der Waals surface area (Å²) in [6.45, 7) is 1.67. The summed E-state index contributed by atoms with van der Waals surface area (Å²) >= 11 is 0. The molecule has 132 valence electrons. The Morgan fingerprint density at radius 2 is 1.92 bits per heavy atom. The Balaban J connectivity index is 1.38. The zero-order chi connectivity index (χ0) is 17.2. The highest BCUT2D eigenvalue weighted by molar-refractivity contribution is 5.79. The van der Waals surface area contributed by atoms with Gasteiger partial charge in [-0.15, -0.1) is 0 Å². The molecule has 1 fully saturated rings. The lowest BCUT2D eigenvalue weighted by atomic mass is 9.85. The number of aromatic nitrogens is 3. The van der Waals surface area contributed by atoms with E-state index in [1.54, 1.807) is 0 Å². The number of piperidine rings is 1. The molecule has 6 heteroatoms. The molecule has 1 aromatic carbocycles. The van der Waals surface area contributed by atoms with Crippen LogP contribution < -0.4 is 0 Å². The van der Waals surface area contributed by atoms with E-state index in [-0.39, 0.29) is 18.4 Å². The predicted molar refractivity (Wildman–Crippen MR) is 92.8 cm³/mol. The van der Waals surface area contributed by atoms with E-state index in [1.165, 1.54) is 5.56 Å². The molecule has 1 amide bonds. The van der Waals surface area contributed by atoms with Crippen molar-refractivity contribution in [3.8, 4) is 0 Å². The van der Waals surface area contributed by atoms with Crippen LogP contribution in [0.4, 0.5) is 0 Å². The maximum Gasteiger partial charge on any atom is 0.226 e. The van der Waals surface area contributed by atoms with E-state index < -0.39 is 0 Å². The van der Waals surface area contributed by atoms with Crippen LogP contribution in [0.1, 0.15) is 47.7 Å². The Labute approximate surface area is 147 Å². The van der Waals surface area contributed by atoms with Crippen LogP contribution >= 0.6 is 0 Å². The monoisotopic (exact) mass is 340 g/mol. The molecule has 1 saturated heterocycles. The smallest absolute Gasteiger partial charge is 0.226 e. The van der Waals surface area contributed by atoms with Crippen molar-refractivity contribution in [3.05, 3.63) is 46.8 Å². The average Bonchev–Trinajstić information content (AvgIpc) is 3.15. The molecule has 0 saturated carbocycles. The first-order chi connectivity index (χ1) is 12.3. The molecule has 4 rings (SSSR count). The van der Waals surface area contributed by atoms with Gasteiger partial charge in [-0.05, 0) is 42.7 Å². The molecule has 2 aromatic rings. The summed E-state index contributed by atoms with van der Waals surface area (Å²) in [4.78, 5) is 14.9. The first kappa shape index (κ1) is 16.3. The average molecular weight is 340 g/mol. The van der Waals surface area contributed by atoms with Gasteiger partial charge >= 0.3 is 0 Å². The number of carbonyl (C=O) groups is 1. The molecular formula is C19H24N4O2. The molecule has 0 spiro atoms. The van der Waals surface area contributed by atoms with Crippen LogP contribution in [0, 0.1) is 5.92 Å². The van der Waals surface area contributed by atoms with E-state index in [1.807, 2.05) is 23.1 Å². The summed E-state index contributed by atoms with van der Waals surface area (Å²) in [6.07, 6.45) is 4.33. The molecule has 25 heavy (non-hydrogen) atoms. The van der Waals surface area contributed by atoms with Gasteiger partial charge in [-0.1, -0.05) is 24.3 Å². The maximum atomic E-state index is 12.9. The summed E-state index contributed by atoms with van der Waals surface area (Å²) < 4.78 is 0. The summed E-state index contributed by atoms with van der Waals surface area (Å²) in [7, 11) is 0. The number of aliphatic hydroxyl groups is 1. The largest absolute Gasteiger partial charge is 0.392 e. The number of amides is 1. The first-order valence-electron chi connectivity index (χ1n) is 9.12. The Kier molecular flexibility index (Phi) is 4.53. The number of nitrogens with one attached hydrogen (secondary N) is 1. The van der Waals surface area contributed by atoms with E-state index in [9.17, 15) is 9.90 Å². The quantitative estimate of drug-likeness (QED) is 0.893. The molecule has 2 aliphatic rings. The zero-order valence-electron chi connectivity index (χ0n) is 14.3. The van der Waals surface area contributed by atoms with Crippen LogP contribution in [-0.2, 0) is 24.2 Å². The first-order valence-corrected chi connectivity index (χ1v) is 9.12. The molecule has 1 aliphatic heterocycles. The number of hydrogen-bond acceptors (Lipinski definition) is 4. The lowest BCUT2D eigenvalue weighted by Crippen LogP contribution is -2.42. The standard InChI is InChI=1S/C19H24N4O2/c24-12-15-3-1-2-4-16(15)13-7-9-23(10-8-13)19(25)14-5-6-17-18(11-14)21-22-20-17/h1-4,13-14,24H,5-12H2,(H,20,21,22). The summed E-state index contributed by atoms with van der Waals surface area (Å²) in [5.41, 5.74) is 4.22. The zero-order valence-corrected chi connectivity index (χ0v) is 14.3. The van der Waals surface area contributed by atoms with Gasteiger partial charge in [-0.3, -0.25) is 4.79 Å². The van der Waals surface area contributed by atoms with E-state index in [4.69, 9.17) is 0 Å². The molecule has 2 heterocycles. The lowest BCUT2D eigenvalue weighted by molar-refractivity contribution is -0.137. The molecule has 0 bridgehead atoms. The molecule has 1 unspecified atom stereocenters. The van der Waals surface area contributed by atoms with Crippen LogP contribution in [0.3, 0.4) is 0 Å². The molecule has 0 radical (unpaired) electrons. The van der Waals surface area contributed by atoms with Crippen LogP contribution in [-0.4, -0.2) is 44.4 Å². The highest BCUT2D eigenvalue weighted by Crippen LogP contribution is 2.32. The number of H-pyrrole nitrogens is 1. The van der Waals surface area contributed by atoms with Gasteiger partial charge < -0.3 is 10.0 Å². The second kappa shape index (κ2) is 6.96. The van der Waals surface area contributed by atoms with E-state index in [2.05, 4.69) is 21.5 Å². The third-order valence-electron chi connectivity index (χ3n) is 5.69. The number of fused-ring (bicyclic) bond motifs is 1. The van der Waals surface area contributed by atoms with Crippen molar-refractivity contribution in [2.75, 3.05) is 13.1 Å². The Morgan fingerprint density at radius 1 is 1.16 bits per heavy atom. The van der Waals surface area contributed by atoms with Gasteiger partial charge in [0.05, 0.1) is 18.0 Å². The van der Waals surface area contributed by atoms with E-state index in [0.717, 1.165) is 55.7 Å². The third-order valence-corrected chi connectivity index (χ3v) is 5.69. The van der Waals surface area contributed by atoms with E-state index in [0.29, 0.717) is 12.3 Å². The fourth-order valence-corrected chi connectivity index (χ4v) is 4.24. The number of aryl methyl sites for hydroxylation is 1. The highest BCUT2D eigenvalue weighted by Gasteiger charge is 2.32. The van der Waals surface area contributed by atoms with Crippen molar-refractivity contribution < 1.29 is 9.90 Å². The van der Waals surface area contributed by atoms with E-state index >= 15 is 0 Å². The number of benzene rings is 1. The van der Waals surface area contributed by atoms with Crippen LogP contribution in [0.15, 0.2) is 24.3 Å². The predicted octanol–water partition coefficient (Wildman–Crippen LogP) is 1.81. The minimum absolute atomic E-state index is 0.0406.